The number of rotatable bonds is 12. The van der Waals surface area contributed by atoms with Crippen molar-refractivity contribution in [3.63, 3.8) is 0 Å². The van der Waals surface area contributed by atoms with E-state index in [2.05, 4.69) is 20.6 Å². The van der Waals surface area contributed by atoms with Gasteiger partial charge >= 0.3 is 0 Å². The number of nitrogens with one attached hydrogen (secondary N) is 2. The molecule has 2 aromatic heterocycles. The van der Waals surface area contributed by atoms with Gasteiger partial charge in [0.05, 0.1) is 27.5 Å². The maximum Gasteiger partial charge on any atom is 0.233 e. The lowest BCUT2D eigenvalue weighted by Gasteiger charge is -2.26. The van der Waals surface area contributed by atoms with Gasteiger partial charge in [0, 0.05) is 62.1 Å². The molecule has 2 N–H and O–H groups in total. The Labute approximate surface area is 318 Å². The molecule has 17 heteroatoms. The summed E-state index contributed by atoms with van der Waals surface area (Å²) in [5.74, 6) is -2.31. The Bertz CT molecular complexity index is 1950. The first-order valence-electron chi connectivity index (χ1n) is 17.1. The molecule has 2 amide bonds. The number of thiazole rings is 2. The zero-order valence-corrected chi connectivity index (χ0v) is 32.6. The molecule has 2 aliphatic heterocycles. The summed E-state index contributed by atoms with van der Waals surface area (Å²) >= 11 is 2.64. The lowest BCUT2D eigenvalue weighted by atomic mass is 9.84. The monoisotopic (exact) mass is 808 g/mol. The first kappa shape index (κ1) is 40.7. The molecule has 3 unspecified atom stereocenters. The third-order valence-electron chi connectivity index (χ3n) is 9.20. The Morgan fingerprint density at radius 1 is 0.811 bits per heavy atom. The van der Waals surface area contributed by atoms with E-state index in [-0.39, 0.29) is 27.5 Å². The second-order valence-corrected chi connectivity index (χ2v) is 18.1. The molecule has 2 saturated heterocycles. The topological polar surface area (TPSA) is 154 Å². The number of ether oxygens (including phenoxy) is 2. The van der Waals surface area contributed by atoms with Crippen molar-refractivity contribution in [3.8, 4) is 0 Å². The summed E-state index contributed by atoms with van der Waals surface area (Å²) in [7, 11) is -5.07. The average molecular weight is 809 g/mol. The molecule has 2 fully saturated rings. The van der Waals surface area contributed by atoms with Crippen molar-refractivity contribution in [3.05, 3.63) is 82.3 Å². The molecule has 0 bridgehead atoms. The van der Waals surface area contributed by atoms with Crippen LogP contribution >= 0.6 is 22.7 Å². The minimum atomic E-state index is -3.66. The van der Waals surface area contributed by atoms with Crippen molar-refractivity contribution in [2.45, 2.75) is 60.2 Å². The molecular weight excluding hydrogens is 767 g/mol. The second-order valence-electron chi connectivity index (χ2n) is 12.9. The fourth-order valence-corrected chi connectivity index (χ4v) is 8.76. The van der Waals surface area contributed by atoms with Crippen LogP contribution in [0, 0.1) is 23.5 Å². The Morgan fingerprint density at radius 3 is 1.64 bits per heavy atom. The Balaban J connectivity index is 0.000000204. The van der Waals surface area contributed by atoms with Gasteiger partial charge in [0.25, 0.3) is 0 Å². The Kier molecular flexibility index (Phi) is 14.8. The van der Waals surface area contributed by atoms with Crippen LogP contribution in [0.4, 0.5) is 19.0 Å². The van der Waals surface area contributed by atoms with Crippen molar-refractivity contribution in [2.24, 2.45) is 11.8 Å². The summed E-state index contributed by atoms with van der Waals surface area (Å²) in [4.78, 5) is 33.6. The van der Waals surface area contributed by atoms with E-state index in [9.17, 15) is 31.0 Å². The van der Waals surface area contributed by atoms with Crippen LogP contribution in [0.3, 0.4) is 0 Å². The SMILES string of the molecule is CS(=O)(=O)c1ccc(C(CC2CCOCC2)C(=O)Nc2nccs2)cc1F.CS(=O)c1ccc(C(CC2CCOCC2)C(=O)Nc2nccs2)cc1F. The quantitative estimate of drug-likeness (QED) is 0.158. The molecule has 11 nitrogen and oxygen atoms in total. The van der Waals surface area contributed by atoms with E-state index >= 15 is 0 Å². The minimum absolute atomic E-state index is 0.152. The summed E-state index contributed by atoms with van der Waals surface area (Å²) in [6.07, 6.45) is 10.2. The fraction of sp³-hybridized carbons (Fsp3) is 0.444. The predicted molar refractivity (Wildman–Crippen MR) is 202 cm³/mol. The van der Waals surface area contributed by atoms with E-state index in [1.807, 2.05) is 0 Å². The highest BCUT2D eigenvalue weighted by Gasteiger charge is 2.29. The number of amides is 2. The summed E-state index contributed by atoms with van der Waals surface area (Å²) in [5, 5.41) is 10.1. The molecule has 0 radical (unpaired) electrons. The highest BCUT2D eigenvalue weighted by Crippen LogP contribution is 2.34. The molecule has 286 valence electrons. The standard InChI is InChI=1S/C18H21FN2O4S2.C18H21FN2O3S2/c1-27(23,24)16-3-2-13(11-15(16)19)14(10-12-4-7-25-8-5-12)17(22)21-18-20-6-9-26-18;1-26(23)16-3-2-13(11-15(16)19)14(10-12-4-7-24-8-5-12)17(22)21-18-20-6-9-25-18/h2-3,6,9,11-12,14H,4-5,7-8,10H2,1H3,(H,20,21,22);2-3,6,9,11-12,14H,4-5,7-8,10H2,1H3,(H,20,21,22). The maximum absolute atomic E-state index is 14.4. The molecule has 4 aromatic rings. The number of halogens is 2. The Hall–Kier alpha value is -3.48. The van der Waals surface area contributed by atoms with Crippen LogP contribution in [0.5, 0.6) is 0 Å². The first-order chi connectivity index (χ1) is 25.4. The van der Waals surface area contributed by atoms with Gasteiger partial charge in [-0.3, -0.25) is 13.8 Å². The van der Waals surface area contributed by atoms with E-state index in [1.54, 1.807) is 29.2 Å². The van der Waals surface area contributed by atoms with Crippen LogP contribution in [0.15, 0.2) is 69.3 Å². The zero-order chi connectivity index (χ0) is 38.0. The molecule has 2 aromatic carbocycles. The normalized spacial score (nSPS) is 17.2. The molecule has 0 aliphatic carbocycles. The van der Waals surface area contributed by atoms with Crippen molar-refractivity contribution >= 4 is 65.4 Å². The number of hydrogen-bond acceptors (Lipinski definition) is 11. The lowest BCUT2D eigenvalue weighted by Crippen LogP contribution is -2.26. The molecule has 6 rings (SSSR count). The van der Waals surface area contributed by atoms with Crippen LogP contribution in [-0.4, -0.2) is 73.3 Å². The third kappa shape index (κ3) is 11.8. The van der Waals surface area contributed by atoms with Crippen molar-refractivity contribution in [1.82, 2.24) is 9.97 Å². The van der Waals surface area contributed by atoms with E-state index < -0.39 is 44.1 Å². The van der Waals surface area contributed by atoms with E-state index in [1.165, 1.54) is 53.2 Å². The van der Waals surface area contributed by atoms with Gasteiger partial charge in [-0.05, 0) is 85.8 Å². The predicted octanol–water partition coefficient (Wildman–Crippen LogP) is 6.78. The molecule has 0 spiro atoms. The second kappa shape index (κ2) is 19.2. The van der Waals surface area contributed by atoms with Gasteiger partial charge in [-0.15, -0.1) is 22.7 Å². The van der Waals surface area contributed by atoms with Crippen LogP contribution in [-0.2, 0) is 39.7 Å². The molecule has 0 saturated carbocycles. The van der Waals surface area contributed by atoms with Gasteiger partial charge in [-0.1, -0.05) is 12.1 Å². The number of hydrogen-bond donors (Lipinski definition) is 2. The van der Waals surface area contributed by atoms with Crippen LogP contribution < -0.4 is 10.6 Å². The number of sulfone groups is 1. The van der Waals surface area contributed by atoms with Gasteiger partial charge < -0.3 is 20.1 Å². The number of nitrogens with zero attached hydrogens (tertiary/aromatic N) is 2. The number of carbonyl (C=O) groups is 2. The van der Waals surface area contributed by atoms with Crippen LogP contribution in [0.1, 0.15) is 61.5 Å². The smallest absolute Gasteiger partial charge is 0.233 e. The van der Waals surface area contributed by atoms with E-state index in [0.717, 1.165) is 38.0 Å². The lowest BCUT2D eigenvalue weighted by molar-refractivity contribution is -0.119. The summed E-state index contributed by atoms with van der Waals surface area (Å²) in [6.45, 7) is 2.67. The number of anilines is 2. The molecule has 2 aliphatic rings. The van der Waals surface area contributed by atoms with Gasteiger partial charge in [0.2, 0.25) is 11.8 Å². The van der Waals surface area contributed by atoms with Crippen molar-refractivity contribution in [1.29, 1.82) is 0 Å². The molecule has 4 heterocycles. The van der Waals surface area contributed by atoms with Crippen molar-refractivity contribution in [2.75, 3.05) is 49.6 Å². The van der Waals surface area contributed by atoms with E-state index in [4.69, 9.17) is 9.47 Å². The maximum atomic E-state index is 14.4. The van der Waals surface area contributed by atoms with Gasteiger partial charge in [0.15, 0.2) is 20.1 Å². The largest absolute Gasteiger partial charge is 0.381 e. The summed E-state index contributed by atoms with van der Waals surface area (Å²) < 4.78 is 74.4. The number of aromatic nitrogens is 2. The van der Waals surface area contributed by atoms with Crippen LogP contribution in [0.2, 0.25) is 0 Å². The van der Waals surface area contributed by atoms with E-state index in [0.29, 0.717) is 66.6 Å². The number of carbonyl (C=O) groups excluding carboxylic acids is 2. The zero-order valence-electron chi connectivity index (χ0n) is 29.3. The number of benzene rings is 2. The average Bonchev–Trinajstić information content (AvgIpc) is 3.85. The Morgan fingerprint density at radius 2 is 1.26 bits per heavy atom. The highest BCUT2D eigenvalue weighted by atomic mass is 32.2. The van der Waals surface area contributed by atoms with Gasteiger partial charge in [-0.2, -0.15) is 0 Å². The van der Waals surface area contributed by atoms with Crippen LogP contribution in [0.25, 0.3) is 0 Å². The minimum Gasteiger partial charge on any atom is -0.381 e. The summed E-state index contributed by atoms with van der Waals surface area (Å²) in [5.41, 5.74) is 1.05. The van der Waals surface area contributed by atoms with Gasteiger partial charge in [-0.25, -0.2) is 27.2 Å². The third-order valence-corrected chi connectivity index (χ3v) is 12.7. The van der Waals surface area contributed by atoms with Crippen molar-refractivity contribution < 1.29 is 40.5 Å². The molecule has 3 atom stereocenters. The highest BCUT2D eigenvalue weighted by molar-refractivity contribution is 7.90. The molecule has 53 heavy (non-hydrogen) atoms. The fourth-order valence-electron chi connectivity index (χ4n) is 6.38. The molecular formula is C36H42F2N4O7S4. The van der Waals surface area contributed by atoms with Gasteiger partial charge in [0.1, 0.15) is 16.5 Å². The summed E-state index contributed by atoms with van der Waals surface area (Å²) in [6, 6.07) is 8.45. The first-order valence-corrected chi connectivity index (χ1v) is 22.3.